The van der Waals surface area contributed by atoms with Crippen molar-refractivity contribution in [1.82, 2.24) is 0 Å². The lowest BCUT2D eigenvalue weighted by molar-refractivity contribution is 0.246. The van der Waals surface area contributed by atoms with E-state index in [-0.39, 0.29) is 0 Å². The third-order valence-electron chi connectivity index (χ3n) is 3.41. The van der Waals surface area contributed by atoms with Gasteiger partial charge in [-0.05, 0) is 24.5 Å². The number of nitrogen functional groups attached to an aromatic ring is 1. The van der Waals surface area contributed by atoms with E-state index in [0.29, 0.717) is 0 Å². The molecule has 2 rings (SSSR count). The van der Waals surface area contributed by atoms with Crippen molar-refractivity contribution in [3.05, 3.63) is 22.7 Å². The van der Waals surface area contributed by atoms with Gasteiger partial charge in [-0.3, -0.25) is 0 Å². The van der Waals surface area contributed by atoms with Crippen molar-refractivity contribution in [2.24, 2.45) is 5.92 Å². The summed E-state index contributed by atoms with van der Waals surface area (Å²) in [4.78, 5) is 0. The summed E-state index contributed by atoms with van der Waals surface area (Å²) < 4.78 is 6.74. The van der Waals surface area contributed by atoms with Gasteiger partial charge in [0.05, 0.1) is 6.61 Å². The molecule has 0 aromatic heterocycles. The van der Waals surface area contributed by atoms with Gasteiger partial charge in [0.15, 0.2) is 0 Å². The van der Waals surface area contributed by atoms with E-state index in [1.54, 1.807) is 0 Å². The number of hydrogen-bond donors (Lipinski definition) is 1. The summed E-state index contributed by atoms with van der Waals surface area (Å²) in [7, 11) is 0. The zero-order valence-corrected chi connectivity index (χ0v) is 11.7. The molecule has 0 spiro atoms. The topological polar surface area (TPSA) is 35.2 Å². The highest BCUT2D eigenvalue weighted by Crippen LogP contribution is 2.27. The molecule has 1 aromatic carbocycles. The molecule has 0 radical (unpaired) electrons. The summed E-state index contributed by atoms with van der Waals surface area (Å²) in [5, 5.41) is 0. The Morgan fingerprint density at radius 3 is 2.65 bits per heavy atom. The van der Waals surface area contributed by atoms with Crippen molar-refractivity contribution < 1.29 is 4.74 Å². The highest BCUT2D eigenvalue weighted by molar-refractivity contribution is 9.10. The highest BCUT2D eigenvalue weighted by Gasteiger charge is 2.13. The van der Waals surface area contributed by atoms with Crippen molar-refractivity contribution in [3.8, 4) is 5.75 Å². The number of halogens is 1. The fraction of sp³-hybridized carbons (Fsp3) is 0.571. The first-order valence-electron chi connectivity index (χ1n) is 6.43. The molecule has 94 valence electrons. The molecule has 0 heterocycles. The molecule has 2 nitrogen and oxygen atoms in total. The number of ether oxygens (including phenoxy) is 1. The maximum absolute atomic E-state index is 5.76. The van der Waals surface area contributed by atoms with Crippen molar-refractivity contribution in [2.45, 2.75) is 38.5 Å². The van der Waals surface area contributed by atoms with Gasteiger partial charge in [-0.15, -0.1) is 0 Å². The van der Waals surface area contributed by atoms with E-state index in [0.717, 1.165) is 28.4 Å². The number of benzene rings is 1. The third kappa shape index (κ3) is 4.23. The van der Waals surface area contributed by atoms with Crippen LogP contribution in [-0.4, -0.2) is 6.61 Å². The Labute approximate surface area is 112 Å². The zero-order valence-electron chi connectivity index (χ0n) is 10.1. The van der Waals surface area contributed by atoms with E-state index in [1.807, 2.05) is 18.2 Å². The first kappa shape index (κ1) is 12.7. The number of rotatable bonds is 4. The molecule has 1 aromatic rings. The fourth-order valence-electron chi connectivity index (χ4n) is 2.49. The molecule has 0 saturated heterocycles. The molecule has 0 amide bonds. The molecule has 0 bridgehead atoms. The lowest BCUT2D eigenvalue weighted by atomic mass is 9.87. The van der Waals surface area contributed by atoms with Crippen molar-refractivity contribution in [1.29, 1.82) is 0 Å². The smallest absolute Gasteiger partial charge is 0.122 e. The maximum atomic E-state index is 5.76. The van der Waals surface area contributed by atoms with Gasteiger partial charge >= 0.3 is 0 Å². The lowest BCUT2D eigenvalue weighted by Crippen LogP contribution is -2.10. The molecule has 3 heteroatoms. The maximum Gasteiger partial charge on any atom is 0.122 e. The van der Waals surface area contributed by atoms with Crippen LogP contribution in [0.4, 0.5) is 5.69 Å². The van der Waals surface area contributed by atoms with Crippen LogP contribution in [0.25, 0.3) is 0 Å². The number of hydrogen-bond acceptors (Lipinski definition) is 2. The minimum Gasteiger partial charge on any atom is -0.493 e. The van der Waals surface area contributed by atoms with Crippen molar-refractivity contribution in [2.75, 3.05) is 12.3 Å². The molecule has 17 heavy (non-hydrogen) atoms. The fourth-order valence-corrected chi connectivity index (χ4v) is 2.98. The van der Waals surface area contributed by atoms with Gasteiger partial charge < -0.3 is 10.5 Å². The predicted molar refractivity (Wildman–Crippen MR) is 75.2 cm³/mol. The van der Waals surface area contributed by atoms with Crippen LogP contribution < -0.4 is 10.5 Å². The van der Waals surface area contributed by atoms with Crippen LogP contribution in [0.5, 0.6) is 5.75 Å². The summed E-state index contributed by atoms with van der Waals surface area (Å²) in [5.41, 5.74) is 6.51. The van der Waals surface area contributed by atoms with E-state index >= 15 is 0 Å². The van der Waals surface area contributed by atoms with Crippen molar-refractivity contribution in [3.63, 3.8) is 0 Å². The normalized spacial score (nSPS) is 17.0. The van der Waals surface area contributed by atoms with Crippen LogP contribution >= 0.6 is 15.9 Å². The van der Waals surface area contributed by atoms with Gasteiger partial charge in [0, 0.05) is 16.2 Å². The van der Waals surface area contributed by atoms with Crippen molar-refractivity contribution >= 4 is 21.6 Å². The average molecular weight is 298 g/mol. The average Bonchev–Trinajstić information content (AvgIpc) is 2.29. The van der Waals surface area contributed by atoms with Crippen LogP contribution in [0.15, 0.2) is 22.7 Å². The van der Waals surface area contributed by atoms with E-state index in [2.05, 4.69) is 15.9 Å². The largest absolute Gasteiger partial charge is 0.493 e. The minimum atomic E-state index is 0.743. The molecule has 0 unspecified atom stereocenters. The van der Waals surface area contributed by atoms with Gasteiger partial charge in [0.2, 0.25) is 0 Å². The second kappa shape index (κ2) is 6.29. The molecular formula is C14H20BrNO. The summed E-state index contributed by atoms with van der Waals surface area (Å²) in [6.45, 7) is 0.806. The van der Waals surface area contributed by atoms with Gasteiger partial charge in [-0.25, -0.2) is 0 Å². The Kier molecular flexibility index (Phi) is 4.72. The molecular weight excluding hydrogens is 278 g/mol. The monoisotopic (exact) mass is 297 g/mol. The third-order valence-corrected chi connectivity index (χ3v) is 3.87. The van der Waals surface area contributed by atoms with Crippen LogP contribution in [0.2, 0.25) is 0 Å². The molecule has 0 atom stereocenters. The van der Waals surface area contributed by atoms with E-state index < -0.39 is 0 Å². The van der Waals surface area contributed by atoms with Crippen LogP contribution in [-0.2, 0) is 0 Å². The molecule has 0 aliphatic heterocycles. The highest BCUT2D eigenvalue weighted by atomic mass is 79.9. The number of anilines is 1. The molecule has 1 saturated carbocycles. The summed E-state index contributed by atoms with van der Waals surface area (Å²) in [6, 6.07) is 5.73. The predicted octanol–water partition coefficient (Wildman–Crippen LogP) is 4.38. The first-order valence-corrected chi connectivity index (χ1v) is 7.22. The quantitative estimate of drug-likeness (QED) is 0.837. The van der Waals surface area contributed by atoms with E-state index in [4.69, 9.17) is 10.5 Å². The Hall–Kier alpha value is -0.700. The number of nitrogens with two attached hydrogens (primary N) is 1. The first-order chi connectivity index (χ1) is 8.24. The lowest BCUT2D eigenvalue weighted by Gasteiger charge is -2.21. The molecule has 1 aliphatic rings. The summed E-state index contributed by atoms with van der Waals surface area (Å²) in [5.74, 6) is 1.74. The van der Waals surface area contributed by atoms with E-state index in [1.165, 1.54) is 38.5 Å². The Balaban J connectivity index is 1.77. The SMILES string of the molecule is Nc1cc(Br)cc(OCCC2CCCCC2)c1. The Morgan fingerprint density at radius 1 is 1.18 bits per heavy atom. The van der Waals surface area contributed by atoms with Crippen LogP contribution in [0.1, 0.15) is 38.5 Å². The van der Waals surface area contributed by atoms with Gasteiger partial charge in [-0.1, -0.05) is 48.0 Å². The Bertz CT molecular complexity index is 341. The standard InChI is InChI=1S/C14H20BrNO/c15-12-8-13(16)10-14(9-12)17-7-6-11-4-2-1-3-5-11/h8-11H,1-7,16H2. The van der Waals surface area contributed by atoms with E-state index in [9.17, 15) is 0 Å². The van der Waals surface area contributed by atoms with Crippen LogP contribution in [0, 0.1) is 5.92 Å². The summed E-state index contributed by atoms with van der Waals surface area (Å²) >= 11 is 3.42. The van der Waals surface area contributed by atoms with Crippen LogP contribution in [0.3, 0.4) is 0 Å². The summed E-state index contributed by atoms with van der Waals surface area (Å²) in [6.07, 6.45) is 8.14. The van der Waals surface area contributed by atoms with Gasteiger partial charge in [-0.2, -0.15) is 0 Å². The molecule has 1 aliphatic carbocycles. The van der Waals surface area contributed by atoms with Gasteiger partial charge in [0.25, 0.3) is 0 Å². The second-order valence-corrected chi connectivity index (χ2v) is 5.78. The molecule has 1 fully saturated rings. The zero-order chi connectivity index (χ0) is 12.1. The van der Waals surface area contributed by atoms with Gasteiger partial charge in [0.1, 0.15) is 5.75 Å². The molecule has 2 N–H and O–H groups in total. The minimum absolute atomic E-state index is 0.743. The second-order valence-electron chi connectivity index (χ2n) is 4.86. The Morgan fingerprint density at radius 2 is 1.94 bits per heavy atom.